The molecular formula is C14H18N2O. The van der Waals surface area contributed by atoms with E-state index in [1.807, 2.05) is 0 Å². The first-order chi connectivity index (χ1) is 8.36. The molecule has 0 N–H and O–H groups in total. The molecular weight excluding hydrogens is 212 g/mol. The van der Waals surface area contributed by atoms with Gasteiger partial charge in [0.05, 0.1) is 6.04 Å². The van der Waals surface area contributed by atoms with Gasteiger partial charge in [0.2, 0.25) is 0 Å². The molecule has 1 saturated heterocycles. The zero-order valence-electron chi connectivity index (χ0n) is 9.96. The van der Waals surface area contributed by atoms with E-state index in [-0.39, 0.29) is 6.04 Å². The Labute approximate surface area is 102 Å². The summed E-state index contributed by atoms with van der Waals surface area (Å²) in [5.74, 6) is 1.23. The van der Waals surface area contributed by atoms with Crippen molar-refractivity contribution in [3.8, 4) is 0 Å². The summed E-state index contributed by atoms with van der Waals surface area (Å²) >= 11 is 0. The van der Waals surface area contributed by atoms with Crippen molar-refractivity contribution in [3.63, 3.8) is 0 Å². The smallest absolute Gasteiger partial charge is 0.0963 e. The molecule has 0 aromatic heterocycles. The molecule has 1 aromatic carbocycles. The van der Waals surface area contributed by atoms with Gasteiger partial charge in [-0.15, -0.1) is 0 Å². The first kappa shape index (κ1) is 10.9. The van der Waals surface area contributed by atoms with Gasteiger partial charge in [0.1, 0.15) is 0 Å². The standard InChI is InChI=1S/C14H18N2O/c17-15-14-7-6-12-9-16(10-13(12)14)8-11-4-2-1-3-5-11/h1-5,12-14H,6-10H2. The molecule has 1 aromatic rings. The summed E-state index contributed by atoms with van der Waals surface area (Å²) in [6.45, 7) is 3.21. The van der Waals surface area contributed by atoms with Crippen LogP contribution < -0.4 is 0 Å². The van der Waals surface area contributed by atoms with Crippen molar-refractivity contribution in [1.82, 2.24) is 4.90 Å². The number of nitroso groups, excluding NO2 is 1. The lowest BCUT2D eigenvalue weighted by atomic mass is 9.98. The molecule has 3 atom stereocenters. The molecule has 3 nitrogen and oxygen atoms in total. The minimum Gasteiger partial charge on any atom is -0.298 e. The van der Waals surface area contributed by atoms with Gasteiger partial charge in [-0.2, -0.15) is 4.91 Å². The van der Waals surface area contributed by atoms with E-state index in [0.29, 0.717) is 11.8 Å². The van der Waals surface area contributed by atoms with Crippen molar-refractivity contribution in [2.45, 2.75) is 25.4 Å². The van der Waals surface area contributed by atoms with Crippen molar-refractivity contribution in [3.05, 3.63) is 40.8 Å². The highest BCUT2D eigenvalue weighted by Crippen LogP contribution is 2.40. The maximum atomic E-state index is 10.7. The second-order valence-corrected chi connectivity index (χ2v) is 5.35. The van der Waals surface area contributed by atoms with Gasteiger partial charge < -0.3 is 0 Å². The van der Waals surface area contributed by atoms with Crippen LogP contribution in [0.1, 0.15) is 18.4 Å². The Morgan fingerprint density at radius 2 is 2.00 bits per heavy atom. The van der Waals surface area contributed by atoms with Crippen molar-refractivity contribution in [2.24, 2.45) is 17.0 Å². The van der Waals surface area contributed by atoms with Gasteiger partial charge in [-0.1, -0.05) is 35.5 Å². The van der Waals surface area contributed by atoms with Gasteiger partial charge in [-0.25, -0.2) is 0 Å². The van der Waals surface area contributed by atoms with Crippen LogP contribution in [-0.2, 0) is 6.54 Å². The average Bonchev–Trinajstić information content (AvgIpc) is 2.89. The molecule has 90 valence electrons. The second-order valence-electron chi connectivity index (χ2n) is 5.35. The number of nitrogens with zero attached hydrogens (tertiary/aromatic N) is 2. The van der Waals surface area contributed by atoms with Crippen molar-refractivity contribution in [1.29, 1.82) is 0 Å². The molecule has 1 aliphatic heterocycles. The molecule has 2 aliphatic rings. The fourth-order valence-corrected chi connectivity index (χ4v) is 3.43. The highest BCUT2D eigenvalue weighted by Gasteiger charge is 2.43. The van der Waals surface area contributed by atoms with E-state index in [2.05, 4.69) is 40.4 Å². The second kappa shape index (κ2) is 4.57. The van der Waals surface area contributed by atoms with E-state index >= 15 is 0 Å². The van der Waals surface area contributed by atoms with Crippen LogP contribution in [0.2, 0.25) is 0 Å². The van der Waals surface area contributed by atoms with E-state index in [4.69, 9.17) is 0 Å². The summed E-state index contributed by atoms with van der Waals surface area (Å²) in [6, 6.07) is 10.6. The number of hydrogen-bond acceptors (Lipinski definition) is 3. The van der Waals surface area contributed by atoms with E-state index in [1.54, 1.807) is 0 Å². The van der Waals surface area contributed by atoms with Gasteiger partial charge in [0.15, 0.2) is 0 Å². The van der Waals surface area contributed by atoms with E-state index in [1.165, 1.54) is 12.0 Å². The maximum Gasteiger partial charge on any atom is 0.0963 e. The van der Waals surface area contributed by atoms with Crippen LogP contribution >= 0.6 is 0 Å². The third-order valence-corrected chi connectivity index (χ3v) is 4.28. The van der Waals surface area contributed by atoms with Crippen LogP contribution in [0.4, 0.5) is 0 Å². The zero-order chi connectivity index (χ0) is 11.7. The highest BCUT2D eigenvalue weighted by atomic mass is 16.3. The van der Waals surface area contributed by atoms with Crippen LogP contribution in [0.25, 0.3) is 0 Å². The summed E-state index contributed by atoms with van der Waals surface area (Å²) in [7, 11) is 0. The Hall–Kier alpha value is -1.22. The monoisotopic (exact) mass is 230 g/mol. The number of hydrogen-bond donors (Lipinski definition) is 0. The number of rotatable bonds is 3. The van der Waals surface area contributed by atoms with Crippen molar-refractivity contribution in [2.75, 3.05) is 13.1 Å². The molecule has 1 heterocycles. The molecule has 17 heavy (non-hydrogen) atoms. The van der Waals surface area contributed by atoms with Crippen LogP contribution in [0.15, 0.2) is 35.5 Å². The summed E-state index contributed by atoms with van der Waals surface area (Å²) in [6.07, 6.45) is 2.20. The molecule has 1 aliphatic carbocycles. The van der Waals surface area contributed by atoms with Gasteiger partial charge >= 0.3 is 0 Å². The fraction of sp³-hybridized carbons (Fsp3) is 0.571. The van der Waals surface area contributed by atoms with Gasteiger partial charge in [-0.3, -0.25) is 4.90 Å². The van der Waals surface area contributed by atoms with Gasteiger partial charge in [-0.05, 0) is 24.3 Å². The third-order valence-electron chi connectivity index (χ3n) is 4.28. The molecule has 1 saturated carbocycles. The summed E-state index contributed by atoms with van der Waals surface area (Å²) in [4.78, 5) is 13.2. The highest BCUT2D eigenvalue weighted by molar-refractivity contribution is 5.15. The van der Waals surface area contributed by atoms with Crippen molar-refractivity contribution < 1.29 is 0 Å². The quantitative estimate of drug-likeness (QED) is 0.748. The lowest BCUT2D eigenvalue weighted by Crippen LogP contribution is -2.23. The SMILES string of the molecule is O=NC1CCC2CN(Cc3ccccc3)CC21. The molecule has 3 rings (SSSR count). The predicted molar refractivity (Wildman–Crippen MR) is 67.5 cm³/mol. The maximum absolute atomic E-state index is 10.7. The lowest BCUT2D eigenvalue weighted by molar-refractivity contribution is 0.298. The molecule has 3 unspecified atom stereocenters. The summed E-state index contributed by atoms with van der Waals surface area (Å²) < 4.78 is 0. The minimum atomic E-state index is 0.0840. The average molecular weight is 230 g/mol. The minimum absolute atomic E-state index is 0.0840. The van der Waals surface area contributed by atoms with E-state index in [9.17, 15) is 4.91 Å². The topological polar surface area (TPSA) is 32.7 Å². The number of benzene rings is 1. The first-order valence-electron chi connectivity index (χ1n) is 6.45. The predicted octanol–water partition coefficient (Wildman–Crippen LogP) is 2.66. The van der Waals surface area contributed by atoms with Crippen molar-refractivity contribution >= 4 is 0 Å². The molecule has 2 fully saturated rings. The van der Waals surface area contributed by atoms with Gasteiger partial charge in [0.25, 0.3) is 0 Å². The van der Waals surface area contributed by atoms with E-state index in [0.717, 1.165) is 26.1 Å². The lowest BCUT2D eigenvalue weighted by Gasteiger charge is -2.17. The molecule has 0 radical (unpaired) electrons. The Morgan fingerprint density at radius 3 is 2.76 bits per heavy atom. The van der Waals surface area contributed by atoms with E-state index < -0.39 is 0 Å². The van der Waals surface area contributed by atoms with Crippen LogP contribution in [0.5, 0.6) is 0 Å². The Balaban J connectivity index is 1.63. The van der Waals surface area contributed by atoms with Crippen LogP contribution in [0.3, 0.4) is 0 Å². The van der Waals surface area contributed by atoms with Crippen LogP contribution in [0, 0.1) is 16.7 Å². The Kier molecular flexibility index (Phi) is 2.93. The van der Waals surface area contributed by atoms with Gasteiger partial charge in [0, 0.05) is 25.6 Å². The zero-order valence-corrected chi connectivity index (χ0v) is 9.96. The molecule has 0 spiro atoms. The summed E-state index contributed by atoms with van der Waals surface area (Å²) in [5.41, 5.74) is 1.36. The normalized spacial score (nSPS) is 32.6. The summed E-state index contributed by atoms with van der Waals surface area (Å²) in [5, 5.41) is 3.30. The molecule has 3 heteroatoms. The number of likely N-dealkylation sites (tertiary alicyclic amines) is 1. The molecule has 0 bridgehead atoms. The Morgan fingerprint density at radius 1 is 1.18 bits per heavy atom. The third kappa shape index (κ3) is 2.12. The molecule has 0 amide bonds. The Bertz CT molecular complexity index is 392. The number of fused-ring (bicyclic) bond motifs is 1. The van der Waals surface area contributed by atoms with Crippen LogP contribution in [-0.4, -0.2) is 24.0 Å². The largest absolute Gasteiger partial charge is 0.298 e. The fourth-order valence-electron chi connectivity index (χ4n) is 3.43. The first-order valence-corrected chi connectivity index (χ1v) is 6.45.